The van der Waals surface area contributed by atoms with Crippen LogP contribution in [0.15, 0.2) is 122 Å². The van der Waals surface area contributed by atoms with Gasteiger partial charge in [0.2, 0.25) is 0 Å². The summed E-state index contributed by atoms with van der Waals surface area (Å²) in [7, 11) is 0. The minimum atomic E-state index is 0. The molecular weight excluding hydrogens is 773 g/mol. The molecule has 0 fully saturated rings. The zero-order valence-electron chi connectivity index (χ0n) is 29.8. The third-order valence-corrected chi connectivity index (χ3v) is 9.09. The Hall–Kier alpha value is -4.43. The number of hydrogen-bond donors (Lipinski definition) is 0. The Balaban J connectivity index is 0.000000199. The Labute approximate surface area is 306 Å². The minimum absolute atomic E-state index is 0. The summed E-state index contributed by atoms with van der Waals surface area (Å²) in [5.41, 5.74) is 11.9. The van der Waals surface area contributed by atoms with Crippen molar-refractivity contribution in [3.05, 3.63) is 156 Å². The molecule has 0 atom stereocenters. The summed E-state index contributed by atoms with van der Waals surface area (Å²) < 4.78 is 0. The third-order valence-electron chi connectivity index (χ3n) is 9.09. The second-order valence-corrected chi connectivity index (χ2v) is 14.8. The monoisotopic (exact) mass is 817 g/mol. The molecule has 0 saturated heterocycles. The summed E-state index contributed by atoms with van der Waals surface area (Å²) in [5.74, 6) is 0. The average Bonchev–Trinajstić information content (AvgIpc) is 3.09. The largest absolute Gasteiger partial charge is 0.305 e. The number of aryl methyl sites for hydroxylation is 2. The van der Waals surface area contributed by atoms with Gasteiger partial charge in [-0.05, 0) is 69.8 Å². The number of nitrogens with zero attached hydrogens (tertiary/aromatic N) is 2. The molecule has 7 aromatic rings. The quantitative estimate of drug-likeness (QED) is 0.131. The predicted octanol–water partition coefficient (Wildman–Crippen LogP) is 12.3. The summed E-state index contributed by atoms with van der Waals surface area (Å²) in [6.07, 6.45) is 3.84. The topological polar surface area (TPSA) is 25.8 Å². The summed E-state index contributed by atoms with van der Waals surface area (Å²) in [6, 6.07) is 45.4. The molecule has 0 aliphatic carbocycles. The summed E-state index contributed by atoms with van der Waals surface area (Å²) in [4.78, 5) is 9.14. The number of benzene rings is 5. The standard InChI is InChI=1S/C27H20N.C19H24N.Ir/c1-18-14-27(28-17-19(18)2)21-12-13-23-22(15-21)16-26(20-8-4-3-5-9-20)25-11-7-6-10-24(23)25;1-18(2,3)15-9-7-8-14(12-15)17-13-16(10-11-20-17)19(4,5)6;/h3-11,13-17H,1-2H3;7,9-13H,1-6H3;/q2*-1;. The van der Waals surface area contributed by atoms with Crippen LogP contribution < -0.4 is 0 Å². The van der Waals surface area contributed by atoms with Crippen LogP contribution in [0, 0.1) is 26.0 Å². The number of hydrogen-bond acceptors (Lipinski definition) is 2. The predicted molar refractivity (Wildman–Crippen MR) is 204 cm³/mol. The molecule has 0 unspecified atom stereocenters. The van der Waals surface area contributed by atoms with E-state index in [9.17, 15) is 0 Å². The van der Waals surface area contributed by atoms with Crippen molar-refractivity contribution in [1.29, 1.82) is 0 Å². The number of aromatic nitrogens is 2. The van der Waals surface area contributed by atoms with Gasteiger partial charge in [-0.1, -0.05) is 136 Å². The molecule has 1 radical (unpaired) electrons. The summed E-state index contributed by atoms with van der Waals surface area (Å²) in [5, 5.41) is 4.97. The Bertz CT molecular complexity index is 2160. The molecule has 49 heavy (non-hydrogen) atoms. The maximum Gasteiger partial charge on any atom is 0.0192 e. The fourth-order valence-corrected chi connectivity index (χ4v) is 5.95. The normalized spacial score (nSPS) is 11.5. The number of fused-ring (bicyclic) bond motifs is 3. The van der Waals surface area contributed by atoms with Crippen molar-refractivity contribution in [2.45, 2.75) is 66.2 Å². The van der Waals surface area contributed by atoms with Gasteiger partial charge in [0.05, 0.1) is 0 Å². The van der Waals surface area contributed by atoms with E-state index >= 15 is 0 Å². The summed E-state index contributed by atoms with van der Waals surface area (Å²) in [6.45, 7) is 17.6. The summed E-state index contributed by atoms with van der Waals surface area (Å²) >= 11 is 0. The molecule has 5 aromatic carbocycles. The molecule has 0 aliphatic rings. The van der Waals surface area contributed by atoms with Crippen molar-refractivity contribution in [2.24, 2.45) is 0 Å². The second kappa shape index (κ2) is 14.6. The van der Waals surface area contributed by atoms with E-state index < -0.39 is 0 Å². The molecular formula is C46H44IrN2-2. The average molecular weight is 817 g/mol. The molecule has 0 bridgehead atoms. The number of rotatable bonds is 3. The van der Waals surface area contributed by atoms with Gasteiger partial charge in [-0.15, -0.1) is 59.2 Å². The van der Waals surface area contributed by atoms with Crippen molar-refractivity contribution in [3.63, 3.8) is 0 Å². The van der Waals surface area contributed by atoms with Gasteiger partial charge in [0.1, 0.15) is 0 Å². The molecule has 2 nitrogen and oxygen atoms in total. The van der Waals surface area contributed by atoms with Gasteiger partial charge >= 0.3 is 0 Å². The van der Waals surface area contributed by atoms with Gasteiger partial charge in [0.15, 0.2) is 0 Å². The SMILES string of the molecule is CC(C)(C)c1cc[c-]c(-c2cc(C(C)(C)C)ccn2)c1.Cc1cnc(-c2[c-]cc3c(c2)cc(-c2ccccc2)c2ccccc23)cc1C.[Ir]. The van der Waals surface area contributed by atoms with E-state index in [0.29, 0.717) is 0 Å². The molecule has 3 heteroatoms. The Morgan fingerprint density at radius 2 is 1.18 bits per heavy atom. The Morgan fingerprint density at radius 1 is 0.551 bits per heavy atom. The molecule has 0 amide bonds. The second-order valence-electron chi connectivity index (χ2n) is 14.8. The first-order chi connectivity index (χ1) is 22.9. The molecule has 0 spiro atoms. The van der Waals surface area contributed by atoms with Crippen LogP contribution in [0.25, 0.3) is 55.2 Å². The van der Waals surface area contributed by atoms with Crippen LogP contribution in [0.1, 0.15) is 63.8 Å². The van der Waals surface area contributed by atoms with Gasteiger partial charge in [-0.3, -0.25) is 0 Å². The van der Waals surface area contributed by atoms with E-state index in [4.69, 9.17) is 0 Å². The van der Waals surface area contributed by atoms with E-state index in [0.717, 1.165) is 22.5 Å². The van der Waals surface area contributed by atoms with Crippen LogP contribution in [0.4, 0.5) is 0 Å². The van der Waals surface area contributed by atoms with E-state index in [1.54, 1.807) is 0 Å². The number of pyridine rings is 2. The van der Waals surface area contributed by atoms with Crippen molar-refractivity contribution < 1.29 is 20.1 Å². The van der Waals surface area contributed by atoms with Gasteiger partial charge < -0.3 is 9.97 Å². The third kappa shape index (κ3) is 8.07. The van der Waals surface area contributed by atoms with E-state index in [2.05, 4.69) is 181 Å². The minimum Gasteiger partial charge on any atom is -0.305 e. The maximum absolute atomic E-state index is 4.63. The van der Waals surface area contributed by atoms with Gasteiger partial charge in [0.25, 0.3) is 0 Å². The van der Waals surface area contributed by atoms with Crippen molar-refractivity contribution in [2.75, 3.05) is 0 Å². The molecule has 2 aromatic heterocycles. The molecule has 249 valence electrons. The van der Waals surface area contributed by atoms with Crippen LogP contribution in [0.3, 0.4) is 0 Å². The van der Waals surface area contributed by atoms with Crippen molar-refractivity contribution >= 4 is 21.5 Å². The fraction of sp³-hybridized carbons (Fsp3) is 0.217. The van der Waals surface area contributed by atoms with E-state index in [-0.39, 0.29) is 30.9 Å². The zero-order valence-corrected chi connectivity index (χ0v) is 32.2. The van der Waals surface area contributed by atoms with Crippen LogP contribution in [0.2, 0.25) is 0 Å². The van der Waals surface area contributed by atoms with Gasteiger partial charge in [-0.2, -0.15) is 0 Å². The van der Waals surface area contributed by atoms with E-state index in [1.165, 1.54) is 54.9 Å². The maximum atomic E-state index is 4.63. The van der Waals surface area contributed by atoms with Crippen LogP contribution >= 0.6 is 0 Å². The first kappa shape index (κ1) is 35.9. The first-order valence-corrected chi connectivity index (χ1v) is 16.7. The van der Waals surface area contributed by atoms with Crippen LogP contribution in [-0.2, 0) is 30.9 Å². The first-order valence-electron chi connectivity index (χ1n) is 16.7. The molecule has 0 N–H and O–H groups in total. The Kier molecular flexibility index (Phi) is 10.7. The molecule has 0 saturated carbocycles. The molecule has 0 aliphatic heterocycles. The molecule has 7 rings (SSSR count). The van der Waals surface area contributed by atoms with Gasteiger partial charge in [-0.25, -0.2) is 0 Å². The van der Waals surface area contributed by atoms with E-state index in [1.807, 2.05) is 18.5 Å². The Morgan fingerprint density at radius 3 is 1.88 bits per heavy atom. The van der Waals surface area contributed by atoms with Gasteiger partial charge in [0, 0.05) is 32.5 Å². The molecule has 2 heterocycles. The van der Waals surface area contributed by atoms with Crippen molar-refractivity contribution in [1.82, 2.24) is 9.97 Å². The van der Waals surface area contributed by atoms with Crippen molar-refractivity contribution in [3.8, 4) is 33.6 Å². The fourth-order valence-electron chi connectivity index (χ4n) is 5.95. The van der Waals surface area contributed by atoms with Crippen LogP contribution in [-0.4, -0.2) is 9.97 Å². The zero-order chi connectivity index (χ0) is 34.1. The van der Waals surface area contributed by atoms with Crippen LogP contribution in [0.5, 0.6) is 0 Å². The smallest absolute Gasteiger partial charge is 0.0192 e.